The summed E-state index contributed by atoms with van der Waals surface area (Å²) in [6.45, 7) is 0. The molecule has 0 aliphatic heterocycles. The average molecular weight is 160 g/mol. The van der Waals surface area contributed by atoms with E-state index in [1.165, 1.54) is 0 Å². The number of nitrogens with zero attached hydrogens (tertiary/aromatic N) is 2. The number of aromatic nitrogens is 2. The minimum absolute atomic E-state index is 0.278. The van der Waals surface area contributed by atoms with Gasteiger partial charge in [0.1, 0.15) is 0 Å². The smallest absolute Gasteiger partial charge is 0.256 e. The van der Waals surface area contributed by atoms with Crippen LogP contribution in [0.5, 0.6) is 0 Å². The van der Waals surface area contributed by atoms with E-state index in [1.807, 2.05) is 0 Å². The van der Waals surface area contributed by atoms with Crippen molar-refractivity contribution in [3.8, 4) is 0 Å². The molecule has 1 heterocycles. The SMILES string of the molecule is Cn1ccn(C)c1=S(=O)=O. The maximum Gasteiger partial charge on any atom is 0.256 e. The molecule has 5 heteroatoms. The molecule has 0 saturated carbocycles. The summed E-state index contributed by atoms with van der Waals surface area (Å²) in [6.07, 6.45) is 3.37. The highest BCUT2D eigenvalue weighted by Gasteiger charge is 1.91. The second-order valence-corrected chi connectivity index (χ2v) is 2.87. The highest BCUT2D eigenvalue weighted by atomic mass is 32.2. The van der Waals surface area contributed by atoms with Crippen molar-refractivity contribution in [2.45, 2.75) is 0 Å². The first-order valence-electron chi connectivity index (χ1n) is 2.73. The molecule has 56 valence electrons. The van der Waals surface area contributed by atoms with Crippen molar-refractivity contribution >= 4 is 10.3 Å². The molecule has 0 unspecified atom stereocenters. The Labute approximate surface area is 59.9 Å². The quantitative estimate of drug-likeness (QED) is 0.492. The van der Waals surface area contributed by atoms with Crippen LogP contribution in [0.3, 0.4) is 0 Å². The van der Waals surface area contributed by atoms with Gasteiger partial charge in [-0.2, -0.15) is 8.42 Å². The summed E-state index contributed by atoms with van der Waals surface area (Å²) < 4.78 is 24.3. The van der Waals surface area contributed by atoms with Crippen molar-refractivity contribution in [2.75, 3.05) is 0 Å². The fourth-order valence-electron chi connectivity index (χ4n) is 0.811. The fourth-order valence-corrected chi connectivity index (χ4v) is 1.40. The molecule has 0 fully saturated rings. The summed E-state index contributed by atoms with van der Waals surface area (Å²) in [5.74, 6) is 0. The van der Waals surface area contributed by atoms with Crippen LogP contribution in [0.4, 0.5) is 0 Å². The zero-order chi connectivity index (χ0) is 7.72. The van der Waals surface area contributed by atoms with Crippen LogP contribution in [-0.4, -0.2) is 17.6 Å². The van der Waals surface area contributed by atoms with E-state index in [0.717, 1.165) is 0 Å². The van der Waals surface area contributed by atoms with Crippen LogP contribution in [0, 0.1) is 4.77 Å². The van der Waals surface area contributed by atoms with E-state index >= 15 is 0 Å². The molecule has 1 aromatic rings. The molecule has 0 bridgehead atoms. The van der Waals surface area contributed by atoms with Gasteiger partial charge in [-0.1, -0.05) is 0 Å². The van der Waals surface area contributed by atoms with Crippen molar-refractivity contribution in [1.82, 2.24) is 9.13 Å². The van der Waals surface area contributed by atoms with Gasteiger partial charge in [0.2, 0.25) is 4.77 Å². The molecule has 0 saturated heterocycles. The predicted octanol–water partition coefficient (Wildman–Crippen LogP) is -0.225. The van der Waals surface area contributed by atoms with E-state index in [4.69, 9.17) is 0 Å². The Balaban J connectivity index is 3.88. The molecule has 0 aromatic carbocycles. The number of rotatable bonds is 0. The highest BCUT2D eigenvalue weighted by molar-refractivity contribution is 7.63. The Morgan fingerprint density at radius 3 is 1.80 bits per heavy atom. The molecule has 0 amide bonds. The maximum atomic E-state index is 10.5. The van der Waals surface area contributed by atoms with Gasteiger partial charge in [-0.15, -0.1) is 0 Å². The Morgan fingerprint density at radius 1 is 1.20 bits per heavy atom. The third-order valence-corrected chi connectivity index (χ3v) is 2.14. The minimum Gasteiger partial charge on any atom is -0.323 e. The maximum absolute atomic E-state index is 10.5. The van der Waals surface area contributed by atoms with Gasteiger partial charge in [-0.25, -0.2) is 0 Å². The molecule has 0 spiro atoms. The Morgan fingerprint density at radius 2 is 1.60 bits per heavy atom. The lowest BCUT2D eigenvalue weighted by atomic mass is 10.9. The van der Waals surface area contributed by atoms with Crippen molar-refractivity contribution < 1.29 is 8.42 Å². The summed E-state index contributed by atoms with van der Waals surface area (Å²) in [5.41, 5.74) is 0. The van der Waals surface area contributed by atoms with Gasteiger partial charge < -0.3 is 9.13 Å². The summed E-state index contributed by atoms with van der Waals surface area (Å²) in [4.78, 5) is 0. The zero-order valence-corrected chi connectivity index (χ0v) is 6.59. The first-order valence-corrected chi connectivity index (χ1v) is 3.80. The monoisotopic (exact) mass is 160 g/mol. The van der Waals surface area contributed by atoms with Crippen LogP contribution in [0.1, 0.15) is 0 Å². The second-order valence-electron chi connectivity index (χ2n) is 2.04. The normalized spacial score (nSPS) is 9.80. The van der Waals surface area contributed by atoms with Crippen LogP contribution >= 0.6 is 0 Å². The summed E-state index contributed by atoms with van der Waals surface area (Å²) in [6, 6.07) is 0. The molecule has 10 heavy (non-hydrogen) atoms. The van der Waals surface area contributed by atoms with Gasteiger partial charge in [-0.05, 0) is 0 Å². The average Bonchev–Trinajstić information content (AvgIpc) is 2.11. The van der Waals surface area contributed by atoms with Gasteiger partial charge >= 0.3 is 0 Å². The van der Waals surface area contributed by atoms with Crippen molar-refractivity contribution in [3.05, 3.63) is 17.2 Å². The fraction of sp³-hybridized carbons (Fsp3) is 0.400. The van der Waals surface area contributed by atoms with Crippen molar-refractivity contribution in [1.29, 1.82) is 0 Å². The zero-order valence-electron chi connectivity index (χ0n) is 5.77. The van der Waals surface area contributed by atoms with Crippen LogP contribution < -0.4 is 0 Å². The molecule has 0 atom stereocenters. The van der Waals surface area contributed by atoms with Gasteiger partial charge in [0.15, 0.2) is 0 Å². The molecule has 4 nitrogen and oxygen atoms in total. The second kappa shape index (κ2) is 2.34. The van der Waals surface area contributed by atoms with E-state index in [0.29, 0.717) is 0 Å². The van der Waals surface area contributed by atoms with Crippen molar-refractivity contribution in [3.63, 3.8) is 0 Å². The number of hydrogen-bond acceptors (Lipinski definition) is 2. The van der Waals surface area contributed by atoms with E-state index in [1.54, 1.807) is 35.6 Å². The molecule has 0 aliphatic carbocycles. The van der Waals surface area contributed by atoms with E-state index in [2.05, 4.69) is 0 Å². The largest absolute Gasteiger partial charge is 0.323 e. The van der Waals surface area contributed by atoms with Crippen molar-refractivity contribution in [2.24, 2.45) is 14.1 Å². The Bertz CT molecular complexity index is 365. The highest BCUT2D eigenvalue weighted by Crippen LogP contribution is 1.87. The van der Waals surface area contributed by atoms with Crippen LogP contribution in [0.15, 0.2) is 12.4 Å². The van der Waals surface area contributed by atoms with Gasteiger partial charge in [0.05, 0.1) is 0 Å². The molecular weight excluding hydrogens is 152 g/mol. The van der Waals surface area contributed by atoms with Gasteiger partial charge in [0.25, 0.3) is 10.3 Å². The number of imidazole rings is 1. The lowest BCUT2D eigenvalue weighted by Crippen LogP contribution is -1.93. The third-order valence-electron chi connectivity index (χ3n) is 1.27. The Kier molecular flexibility index (Phi) is 1.67. The summed E-state index contributed by atoms with van der Waals surface area (Å²) in [7, 11) is 1.23. The topological polar surface area (TPSA) is 44.0 Å². The van der Waals surface area contributed by atoms with E-state index in [9.17, 15) is 8.42 Å². The molecule has 0 aliphatic rings. The predicted molar refractivity (Wildman–Crippen MR) is 36.5 cm³/mol. The van der Waals surface area contributed by atoms with Crippen LogP contribution in [0.25, 0.3) is 0 Å². The number of aryl methyl sites for hydroxylation is 2. The van der Waals surface area contributed by atoms with Gasteiger partial charge in [0, 0.05) is 26.5 Å². The lowest BCUT2D eigenvalue weighted by Gasteiger charge is -1.86. The number of hydrogen-bond donors (Lipinski definition) is 0. The van der Waals surface area contributed by atoms with Gasteiger partial charge in [-0.3, -0.25) is 0 Å². The first kappa shape index (κ1) is 7.14. The van der Waals surface area contributed by atoms with E-state index < -0.39 is 10.3 Å². The summed E-state index contributed by atoms with van der Waals surface area (Å²) >= 11 is 0. The third kappa shape index (κ3) is 0.995. The molecule has 0 radical (unpaired) electrons. The molecule has 0 N–H and O–H groups in total. The van der Waals surface area contributed by atoms with Crippen LogP contribution in [0.2, 0.25) is 0 Å². The Hall–Kier alpha value is -0.970. The standard InChI is InChI=1S/C5H8N2O2S/c1-6-3-4-7(2)5(6)10(8)9/h3-4H,1-2H3. The minimum atomic E-state index is -2.15. The molecule has 1 aromatic heterocycles. The van der Waals surface area contributed by atoms with Crippen LogP contribution in [-0.2, 0) is 24.4 Å². The lowest BCUT2D eigenvalue weighted by molar-refractivity contribution is 0.619. The molecule has 1 rings (SSSR count). The molecular formula is C5H8N2O2S. The first-order chi connectivity index (χ1) is 4.63. The summed E-state index contributed by atoms with van der Waals surface area (Å²) in [5, 5.41) is 0. The van der Waals surface area contributed by atoms with E-state index in [-0.39, 0.29) is 4.77 Å².